The number of carbonyl (C=O) groups excluding carboxylic acids is 2. The fourth-order valence-corrected chi connectivity index (χ4v) is 2.74. The van der Waals surface area contributed by atoms with Crippen LogP contribution < -0.4 is 20.7 Å². The summed E-state index contributed by atoms with van der Waals surface area (Å²) in [5, 5.41) is 6.90. The summed E-state index contributed by atoms with van der Waals surface area (Å²) in [4.78, 5) is 30.4. The Kier molecular flexibility index (Phi) is 6.09. The molecule has 15 heteroatoms. The third kappa shape index (κ3) is 5.53. The first-order chi connectivity index (χ1) is 14.8. The van der Waals surface area contributed by atoms with E-state index in [4.69, 9.17) is 0 Å². The fourth-order valence-electron chi connectivity index (χ4n) is 2.74. The Labute approximate surface area is 174 Å². The number of amides is 3. The fraction of sp³-hybridized carbons (Fsp3) is 0.294. The molecule has 0 aliphatic carbocycles. The maximum atomic E-state index is 13.6. The van der Waals surface area contributed by atoms with Gasteiger partial charge in [-0.05, 0) is 23.8 Å². The minimum Gasteiger partial charge on any atom is -0.388 e. The van der Waals surface area contributed by atoms with Gasteiger partial charge in [0.2, 0.25) is 11.8 Å². The number of ether oxygens (including phenoxy) is 1. The van der Waals surface area contributed by atoms with Gasteiger partial charge in [-0.25, -0.2) is 19.2 Å². The van der Waals surface area contributed by atoms with Crippen molar-refractivity contribution in [1.29, 1.82) is 0 Å². The van der Waals surface area contributed by atoms with E-state index in [-0.39, 0.29) is 12.1 Å². The highest BCUT2D eigenvalue weighted by molar-refractivity contribution is 5.90. The SMILES string of the molecule is O=C1NCC(C(=O)N[C@@H](c2ccc(OC(F)(F)F)nc2)c2ccc(F)c(C(F)(F)F)n2)N1. The van der Waals surface area contributed by atoms with Gasteiger partial charge in [0, 0.05) is 18.8 Å². The number of carbonyl (C=O) groups is 2. The molecule has 0 bridgehead atoms. The monoisotopic (exact) mass is 467 g/mol. The van der Waals surface area contributed by atoms with E-state index in [1.807, 2.05) is 0 Å². The molecule has 0 radical (unpaired) electrons. The molecule has 1 aliphatic heterocycles. The van der Waals surface area contributed by atoms with E-state index in [9.17, 15) is 40.3 Å². The molecule has 3 amide bonds. The Morgan fingerprint density at radius 2 is 1.88 bits per heavy atom. The maximum absolute atomic E-state index is 13.6. The molecule has 32 heavy (non-hydrogen) atoms. The lowest BCUT2D eigenvalue weighted by Crippen LogP contribution is -2.44. The van der Waals surface area contributed by atoms with Gasteiger partial charge in [0.05, 0.1) is 11.7 Å². The summed E-state index contributed by atoms with van der Waals surface area (Å²) in [7, 11) is 0. The largest absolute Gasteiger partial charge is 0.574 e. The van der Waals surface area contributed by atoms with Crippen LogP contribution in [0.1, 0.15) is 23.0 Å². The zero-order valence-corrected chi connectivity index (χ0v) is 15.5. The molecule has 3 N–H and O–H groups in total. The lowest BCUT2D eigenvalue weighted by Gasteiger charge is -2.22. The van der Waals surface area contributed by atoms with Crippen LogP contribution in [0.25, 0.3) is 0 Å². The van der Waals surface area contributed by atoms with E-state index >= 15 is 0 Å². The zero-order valence-electron chi connectivity index (χ0n) is 15.5. The molecule has 2 aromatic rings. The Hall–Kier alpha value is -3.65. The Morgan fingerprint density at radius 3 is 2.41 bits per heavy atom. The second-order valence-electron chi connectivity index (χ2n) is 6.39. The normalized spacial score (nSPS) is 17.3. The smallest absolute Gasteiger partial charge is 0.388 e. The van der Waals surface area contributed by atoms with Crippen LogP contribution in [-0.4, -0.2) is 40.9 Å². The summed E-state index contributed by atoms with van der Waals surface area (Å²) in [6, 6.07) is -0.102. The van der Waals surface area contributed by atoms with Crippen molar-refractivity contribution in [3.63, 3.8) is 0 Å². The van der Waals surface area contributed by atoms with Gasteiger partial charge in [-0.3, -0.25) is 4.79 Å². The van der Waals surface area contributed by atoms with Crippen LogP contribution in [0.3, 0.4) is 0 Å². The third-order valence-electron chi connectivity index (χ3n) is 4.12. The minimum absolute atomic E-state index is 0.0858. The van der Waals surface area contributed by atoms with Crippen LogP contribution >= 0.6 is 0 Å². The van der Waals surface area contributed by atoms with Gasteiger partial charge in [0.25, 0.3) is 0 Å². The molecular weight excluding hydrogens is 455 g/mol. The Morgan fingerprint density at radius 1 is 1.16 bits per heavy atom. The molecule has 1 saturated heterocycles. The molecule has 3 rings (SSSR count). The summed E-state index contributed by atoms with van der Waals surface area (Å²) < 4.78 is 93.5. The summed E-state index contributed by atoms with van der Waals surface area (Å²) >= 11 is 0. The van der Waals surface area contributed by atoms with Crippen molar-refractivity contribution >= 4 is 11.9 Å². The molecule has 2 atom stereocenters. The predicted molar refractivity (Wildman–Crippen MR) is 90.4 cm³/mol. The van der Waals surface area contributed by atoms with Gasteiger partial charge in [-0.15, -0.1) is 13.2 Å². The van der Waals surface area contributed by atoms with Crippen LogP contribution in [0, 0.1) is 5.82 Å². The van der Waals surface area contributed by atoms with Crippen LogP contribution in [0.4, 0.5) is 35.5 Å². The minimum atomic E-state index is -5.15. The van der Waals surface area contributed by atoms with Crippen molar-refractivity contribution < 1.29 is 45.1 Å². The highest BCUT2D eigenvalue weighted by Crippen LogP contribution is 2.32. The highest BCUT2D eigenvalue weighted by Gasteiger charge is 2.38. The average Bonchev–Trinajstić information content (AvgIpc) is 3.12. The van der Waals surface area contributed by atoms with Crippen LogP contribution in [-0.2, 0) is 11.0 Å². The Balaban J connectivity index is 1.96. The molecule has 0 saturated carbocycles. The molecule has 1 fully saturated rings. The van der Waals surface area contributed by atoms with Gasteiger partial charge in [-0.1, -0.05) is 0 Å². The van der Waals surface area contributed by atoms with E-state index in [1.165, 1.54) is 0 Å². The summed E-state index contributed by atoms with van der Waals surface area (Å²) in [5.41, 5.74) is -2.41. The topological polar surface area (TPSA) is 105 Å². The molecule has 1 aliphatic rings. The Bertz CT molecular complexity index is 1010. The second-order valence-corrected chi connectivity index (χ2v) is 6.39. The number of halogens is 7. The molecule has 1 unspecified atom stereocenters. The van der Waals surface area contributed by atoms with Gasteiger partial charge in [0.15, 0.2) is 11.5 Å². The van der Waals surface area contributed by atoms with E-state index in [1.54, 1.807) is 0 Å². The maximum Gasteiger partial charge on any atom is 0.574 e. The number of rotatable bonds is 5. The van der Waals surface area contributed by atoms with Crippen LogP contribution in [0.2, 0.25) is 0 Å². The van der Waals surface area contributed by atoms with Crippen LogP contribution in [0.5, 0.6) is 5.88 Å². The van der Waals surface area contributed by atoms with Gasteiger partial charge in [-0.2, -0.15) is 13.2 Å². The summed E-state index contributed by atoms with van der Waals surface area (Å²) in [5.74, 6) is -3.36. The molecule has 3 heterocycles. The van der Waals surface area contributed by atoms with Crippen molar-refractivity contribution in [1.82, 2.24) is 25.9 Å². The van der Waals surface area contributed by atoms with E-state index in [0.717, 1.165) is 24.4 Å². The molecule has 2 aromatic heterocycles. The number of nitrogens with zero attached hydrogens (tertiary/aromatic N) is 2. The third-order valence-corrected chi connectivity index (χ3v) is 4.12. The van der Waals surface area contributed by atoms with E-state index < -0.39 is 59.6 Å². The van der Waals surface area contributed by atoms with Gasteiger partial charge in [0.1, 0.15) is 6.04 Å². The van der Waals surface area contributed by atoms with Crippen molar-refractivity contribution in [2.45, 2.75) is 24.6 Å². The predicted octanol–water partition coefficient (Wildman–Crippen LogP) is 2.42. The van der Waals surface area contributed by atoms with Crippen molar-refractivity contribution in [3.05, 3.63) is 53.2 Å². The number of aromatic nitrogens is 2. The quantitative estimate of drug-likeness (QED) is 0.586. The van der Waals surface area contributed by atoms with E-state index in [0.29, 0.717) is 6.07 Å². The number of hydrogen-bond acceptors (Lipinski definition) is 5. The highest BCUT2D eigenvalue weighted by atomic mass is 19.4. The first-order valence-corrected chi connectivity index (χ1v) is 8.63. The molecular formula is C17H12F7N5O3. The molecule has 0 aromatic carbocycles. The summed E-state index contributed by atoms with van der Waals surface area (Å²) in [6.45, 7) is -0.126. The first kappa shape index (κ1) is 23.0. The number of urea groups is 1. The number of alkyl halides is 6. The lowest BCUT2D eigenvalue weighted by molar-refractivity contribution is -0.276. The second kappa shape index (κ2) is 8.47. The van der Waals surface area contributed by atoms with Gasteiger partial charge >= 0.3 is 18.6 Å². The standard InChI is InChI=1S/C17H12F7N5O3/c18-8-2-3-9(27-13(8)16(19,20)21)12(29-14(30)10-6-26-15(31)28-10)7-1-4-11(25-5-7)32-17(22,23)24/h1-5,10,12H,6H2,(H,29,30)(H2,26,28,31)/t10?,12-/m0/s1. The molecule has 172 valence electrons. The van der Waals surface area contributed by atoms with Crippen LogP contribution in [0.15, 0.2) is 30.5 Å². The lowest BCUT2D eigenvalue weighted by atomic mass is 10.0. The molecule has 0 spiro atoms. The van der Waals surface area contributed by atoms with Gasteiger partial charge < -0.3 is 20.7 Å². The first-order valence-electron chi connectivity index (χ1n) is 8.63. The summed E-state index contributed by atoms with van der Waals surface area (Å²) in [6.07, 6.45) is -9.37. The number of hydrogen-bond donors (Lipinski definition) is 3. The average molecular weight is 467 g/mol. The van der Waals surface area contributed by atoms with Crippen molar-refractivity contribution in [2.75, 3.05) is 6.54 Å². The van der Waals surface area contributed by atoms with Crippen molar-refractivity contribution in [2.24, 2.45) is 0 Å². The number of pyridine rings is 2. The number of nitrogens with one attached hydrogen (secondary N) is 3. The van der Waals surface area contributed by atoms with Crippen molar-refractivity contribution in [3.8, 4) is 5.88 Å². The van der Waals surface area contributed by atoms with E-state index in [2.05, 4.69) is 30.7 Å². The zero-order chi connectivity index (χ0) is 23.7. The molecule has 8 nitrogen and oxygen atoms in total.